The molecule has 10 heteroatoms. The van der Waals surface area contributed by atoms with Gasteiger partial charge in [-0.3, -0.25) is 4.72 Å². The van der Waals surface area contributed by atoms with E-state index in [2.05, 4.69) is 30.3 Å². The van der Waals surface area contributed by atoms with E-state index < -0.39 is 16.0 Å². The lowest BCUT2D eigenvalue weighted by Crippen LogP contribution is -2.14. The molecule has 2 N–H and O–H groups in total. The van der Waals surface area contributed by atoms with Crippen molar-refractivity contribution in [2.24, 2.45) is 0 Å². The summed E-state index contributed by atoms with van der Waals surface area (Å²) in [5.41, 5.74) is -0.332. The molecule has 0 amide bonds. The van der Waals surface area contributed by atoms with Crippen molar-refractivity contribution in [3.8, 4) is 0 Å². The predicted molar refractivity (Wildman–Crippen MR) is 73.4 cm³/mol. The van der Waals surface area contributed by atoms with Crippen LogP contribution >= 0.6 is 27.5 Å². The molecule has 0 spiro atoms. The van der Waals surface area contributed by atoms with Crippen molar-refractivity contribution in [2.75, 3.05) is 4.72 Å². The van der Waals surface area contributed by atoms with Gasteiger partial charge in [0.25, 0.3) is 10.0 Å². The number of sulfonamides is 1. The number of aromatic carboxylic acids is 1. The zero-order valence-corrected chi connectivity index (χ0v) is 12.7. The average molecular weight is 382 g/mol. The highest BCUT2D eigenvalue weighted by atomic mass is 79.9. The maximum Gasteiger partial charge on any atom is 0.337 e. The lowest BCUT2D eigenvalue weighted by Gasteiger charge is -2.08. The minimum Gasteiger partial charge on any atom is -0.478 e. The summed E-state index contributed by atoms with van der Waals surface area (Å²) in [6.45, 7) is 0. The highest BCUT2D eigenvalue weighted by Gasteiger charge is 2.21. The molecular weight excluding hydrogens is 376 g/mol. The lowest BCUT2D eigenvalue weighted by atomic mass is 10.2. The maximum atomic E-state index is 12.1. The average Bonchev–Trinajstić information content (AvgIpc) is 2.83. The molecule has 20 heavy (non-hydrogen) atoms. The topological polar surface area (TPSA) is 110 Å². The van der Waals surface area contributed by atoms with Crippen molar-refractivity contribution in [3.05, 3.63) is 39.5 Å². The summed E-state index contributed by atoms with van der Waals surface area (Å²) in [6, 6.07) is 3.45. The first kappa shape index (κ1) is 14.8. The van der Waals surface area contributed by atoms with Crippen LogP contribution in [-0.4, -0.2) is 24.7 Å². The van der Waals surface area contributed by atoms with Crippen LogP contribution in [0.15, 0.2) is 38.4 Å². The van der Waals surface area contributed by atoms with Crippen molar-refractivity contribution in [1.82, 2.24) is 5.16 Å². The van der Waals surface area contributed by atoms with Gasteiger partial charge in [0.2, 0.25) is 0 Å². The van der Waals surface area contributed by atoms with Gasteiger partial charge in [-0.2, -0.15) is 0 Å². The van der Waals surface area contributed by atoms with Gasteiger partial charge in [-0.25, -0.2) is 13.2 Å². The fourth-order valence-electron chi connectivity index (χ4n) is 1.34. The second kappa shape index (κ2) is 5.43. The molecule has 1 aromatic carbocycles. The number of hydrogen-bond acceptors (Lipinski definition) is 5. The number of nitrogens with one attached hydrogen (secondary N) is 1. The van der Waals surface area contributed by atoms with E-state index in [9.17, 15) is 13.2 Å². The number of hydrogen-bond donors (Lipinski definition) is 2. The molecule has 1 heterocycles. The van der Waals surface area contributed by atoms with Crippen LogP contribution in [-0.2, 0) is 10.0 Å². The van der Waals surface area contributed by atoms with E-state index in [1.807, 2.05) is 0 Å². The van der Waals surface area contributed by atoms with Gasteiger partial charge in [-0.05, 0) is 28.1 Å². The molecular formula is C10H6BrClN2O5S. The molecule has 2 rings (SSSR count). The summed E-state index contributed by atoms with van der Waals surface area (Å²) < 4.78 is 31.0. The molecule has 0 aliphatic rings. The highest BCUT2D eigenvalue weighted by Crippen LogP contribution is 2.30. The summed E-state index contributed by atoms with van der Waals surface area (Å²) in [6.07, 6.45) is 1.19. The molecule has 2 aromatic rings. The lowest BCUT2D eigenvalue weighted by molar-refractivity contribution is 0.0696. The van der Waals surface area contributed by atoms with E-state index in [0.29, 0.717) is 0 Å². The fourth-order valence-corrected chi connectivity index (χ4v) is 3.18. The van der Waals surface area contributed by atoms with Crippen molar-refractivity contribution in [3.63, 3.8) is 0 Å². The summed E-state index contributed by atoms with van der Waals surface area (Å²) in [7, 11) is -4.00. The van der Waals surface area contributed by atoms with Gasteiger partial charge in [0.1, 0.15) is 6.26 Å². The summed E-state index contributed by atoms with van der Waals surface area (Å²) in [5, 5.41) is 12.3. The standard InChI is InChI=1S/C10H6BrClN2O5S/c11-7-4-5(3-6(9(7)12)10(15)16)20(17,18)14-8-1-2-19-13-8/h1-4H,(H,13,14)(H,15,16). The molecule has 0 radical (unpaired) electrons. The zero-order valence-electron chi connectivity index (χ0n) is 9.50. The van der Waals surface area contributed by atoms with Crippen LogP contribution < -0.4 is 4.72 Å². The third-order valence-electron chi connectivity index (χ3n) is 2.22. The van der Waals surface area contributed by atoms with Crippen LogP contribution in [0.25, 0.3) is 0 Å². The maximum absolute atomic E-state index is 12.1. The second-order valence-corrected chi connectivity index (χ2v) is 6.48. The normalized spacial score (nSPS) is 11.3. The number of aromatic nitrogens is 1. The van der Waals surface area contributed by atoms with Crippen molar-refractivity contribution >= 4 is 49.3 Å². The Morgan fingerprint density at radius 1 is 1.45 bits per heavy atom. The number of benzene rings is 1. The minimum absolute atomic E-state index is 0.0204. The molecule has 0 saturated carbocycles. The van der Waals surface area contributed by atoms with Crippen molar-refractivity contribution < 1.29 is 22.8 Å². The predicted octanol–water partition coefficient (Wildman–Crippen LogP) is 2.59. The van der Waals surface area contributed by atoms with Crippen LogP contribution in [0.5, 0.6) is 0 Å². The SMILES string of the molecule is O=C(O)c1cc(S(=O)(=O)Nc2ccon2)cc(Br)c1Cl. The Kier molecular flexibility index (Phi) is 4.02. The van der Waals surface area contributed by atoms with Gasteiger partial charge < -0.3 is 9.63 Å². The minimum atomic E-state index is -4.00. The summed E-state index contributed by atoms with van der Waals surface area (Å²) in [4.78, 5) is 10.8. The van der Waals surface area contributed by atoms with Gasteiger partial charge in [-0.1, -0.05) is 16.8 Å². The Labute approximate surface area is 126 Å². The summed E-state index contributed by atoms with van der Waals surface area (Å²) in [5.74, 6) is -1.36. The quantitative estimate of drug-likeness (QED) is 0.842. The second-order valence-electron chi connectivity index (χ2n) is 3.56. The van der Waals surface area contributed by atoms with E-state index >= 15 is 0 Å². The molecule has 0 bridgehead atoms. The van der Waals surface area contributed by atoms with Gasteiger partial charge in [-0.15, -0.1) is 0 Å². The number of anilines is 1. The van der Waals surface area contributed by atoms with E-state index in [-0.39, 0.29) is 25.8 Å². The zero-order chi connectivity index (χ0) is 14.9. The molecule has 0 saturated heterocycles. The van der Waals surface area contributed by atoms with Crippen LogP contribution in [0, 0.1) is 0 Å². The first-order chi connectivity index (χ1) is 9.31. The third kappa shape index (κ3) is 2.94. The Bertz CT molecular complexity index is 760. The summed E-state index contributed by atoms with van der Waals surface area (Å²) >= 11 is 8.80. The van der Waals surface area contributed by atoms with Gasteiger partial charge >= 0.3 is 5.97 Å². The van der Waals surface area contributed by atoms with E-state index in [1.165, 1.54) is 18.4 Å². The number of nitrogens with zero attached hydrogens (tertiary/aromatic N) is 1. The molecule has 106 valence electrons. The number of rotatable bonds is 4. The van der Waals surface area contributed by atoms with Crippen molar-refractivity contribution in [2.45, 2.75) is 4.90 Å². The Hall–Kier alpha value is -1.58. The molecule has 0 fully saturated rings. The molecule has 7 nitrogen and oxygen atoms in total. The third-order valence-corrected chi connectivity index (χ3v) is 4.81. The van der Waals surface area contributed by atoms with Crippen molar-refractivity contribution in [1.29, 1.82) is 0 Å². The van der Waals surface area contributed by atoms with Crippen LogP contribution in [0.4, 0.5) is 5.82 Å². The molecule has 0 atom stereocenters. The number of carboxylic acids is 1. The first-order valence-electron chi connectivity index (χ1n) is 4.97. The number of carboxylic acid groups (broad SMARTS) is 1. The van der Waals surface area contributed by atoms with E-state index in [0.717, 1.165) is 6.07 Å². The molecule has 0 aliphatic carbocycles. The monoisotopic (exact) mass is 380 g/mol. The Balaban J connectivity index is 2.49. The van der Waals surface area contributed by atoms with E-state index in [4.69, 9.17) is 16.7 Å². The largest absolute Gasteiger partial charge is 0.478 e. The smallest absolute Gasteiger partial charge is 0.337 e. The van der Waals surface area contributed by atoms with Gasteiger partial charge in [0.05, 0.1) is 15.5 Å². The van der Waals surface area contributed by atoms with Crippen LogP contribution in [0.2, 0.25) is 5.02 Å². The van der Waals surface area contributed by atoms with Gasteiger partial charge in [0.15, 0.2) is 5.82 Å². The van der Waals surface area contributed by atoms with Crippen LogP contribution in [0.3, 0.4) is 0 Å². The highest BCUT2D eigenvalue weighted by molar-refractivity contribution is 9.10. The number of halogens is 2. The first-order valence-corrected chi connectivity index (χ1v) is 7.62. The number of carbonyl (C=O) groups is 1. The van der Waals surface area contributed by atoms with Crippen LogP contribution in [0.1, 0.15) is 10.4 Å². The molecule has 1 aromatic heterocycles. The fraction of sp³-hybridized carbons (Fsp3) is 0. The molecule has 0 unspecified atom stereocenters. The molecule has 0 aliphatic heterocycles. The Morgan fingerprint density at radius 3 is 2.70 bits per heavy atom. The van der Waals surface area contributed by atoms with E-state index in [1.54, 1.807) is 0 Å². The van der Waals surface area contributed by atoms with Gasteiger partial charge in [0, 0.05) is 10.5 Å². The Morgan fingerprint density at radius 2 is 2.15 bits per heavy atom.